The Labute approximate surface area is 97.9 Å². The van der Waals surface area contributed by atoms with Gasteiger partial charge in [0.05, 0.1) is 6.61 Å². The summed E-state index contributed by atoms with van der Waals surface area (Å²) in [6, 6.07) is 0. The van der Waals surface area contributed by atoms with Gasteiger partial charge in [0.25, 0.3) is 0 Å². The molecule has 0 spiro atoms. The van der Waals surface area contributed by atoms with E-state index in [0.29, 0.717) is 6.61 Å². The highest BCUT2D eigenvalue weighted by molar-refractivity contribution is 6.16. The number of hydrogen-bond donors (Lipinski definition) is 0. The van der Waals surface area contributed by atoms with Crippen LogP contribution in [0.1, 0.15) is 53.4 Å². The topological polar surface area (TPSA) is 43.4 Å². The molecule has 0 radical (unpaired) electrons. The molecule has 0 unspecified atom stereocenters. The number of allylic oxidation sites excluding steroid dienone is 1. The maximum absolute atomic E-state index is 11.6. The van der Waals surface area contributed by atoms with Crippen LogP contribution in [0.5, 0.6) is 0 Å². The number of rotatable bonds is 7. The summed E-state index contributed by atoms with van der Waals surface area (Å²) in [6.07, 6.45) is 4.05. The highest BCUT2D eigenvalue weighted by Crippen LogP contribution is 2.15. The average Bonchev–Trinajstić information content (AvgIpc) is 2.18. The Kier molecular flexibility index (Phi) is 7.52. The molecule has 16 heavy (non-hydrogen) atoms. The lowest BCUT2D eigenvalue weighted by molar-refractivity contribution is -0.139. The molecule has 3 nitrogen and oxygen atoms in total. The fourth-order valence-electron chi connectivity index (χ4n) is 1.59. The third-order valence-corrected chi connectivity index (χ3v) is 2.41. The normalized spacial score (nSPS) is 12.0. The van der Waals surface area contributed by atoms with Crippen molar-refractivity contribution in [2.75, 3.05) is 6.61 Å². The van der Waals surface area contributed by atoms with E-state index in [9.17, 15) is 9.59 Å². The molecule has 0 atom stereocenters. The van der Waals surface area contributed by atoms with E-state index >= 15 is 0 Å². The van der Waals surface area contributed by atoms with Gasteiger partial charge in [-0.25, -0.2) is 4.79 Å². The quantitative estimate of drug-likeness (QED) is 0.220. The number of hydrogen-bond acceptors (Lipinski definition) is 3. The van der Waals surface area contributed by atoms with Crippen LogP contribution in [0.3, 0.4) is 0 Å². The molecule has 0 rings (SSSR count). The van der Waals surface area contributed by atoms with Gasteiger partial charge in [-0.1, -0.05) is 25.3 Å². The summed E-state index contributed by atoms with van der Waals surface area (Å²) in [6.45, 7) is 7.41. The van der Waals surface area contributed by atoms with Crippen molar-refractivity contribution in [3.63, 3.8) is 0 Å². The molecule has 0 fully saturated rings. The summed E-state index contributed by atoms with van der Waals surface area (Å²) in [7, 11) is 0. The molecular formula is C13H22O3. The van der Waals surface area contributed by atoms with Gasteiger partial charge in [-0.2, -0.15) is 0 Å². The Hall–Kier alpha value is -1.12. The zero-order valence-corrected chi connectivity index (χ0v) is 10.8. The number of ketones is 1. The van der Waals surface area contributed by atoms with E-state index in [1.165, 1.54) is 6.92 Å². The summed E-state index contributed by atoms with van der Waals surface area (Å²) in [5, 5.41) is 0. The minimum Gasteiger partial charge on any atom is -0.462 e. The van der Waals surface area contributed by atoms with Crippen LogP contribution in [0.15, 0.2) is 11.1 Å². The number of carbonyl (C=O) groups excluding carboxylic acids is 2. The van der Waals surface area contributed by atoms with Gasteiger partial charge in [0.15, 0.2) is 5.78 Å². The first-order valence-corrected chi connectivity index (χ1v) is 5.92. The van der Waals surface area contributed by atoms with Crippen LogP contribution < -0.4 is 0 Å². The number of unbranched alkanes of at least 4 members (excludes halogenated alkanes) is 2. The fraction of sp³-hybridized carbons (Fsp3) is 0.692. The first-order valence-electron chi connectivity index (χ1n) is 5.92. The molecule has 92 valence electrons. The third kappa shape index (κ3) is 5.10. The van der Waals surface area contributed by atoms with E-state index in [1.807, 2.05) is 6.92 Å². The molecular weight excluding hydrogens is 204 g/mol. The van der Waals surface area contributed by atoms with E-state index in [2.05, 4.69) is 6.92 Å². The second kappa shape index (κ2) is 8.08. The standard InChI is InChI=1S/C13H22O3/c1-5-7-8-9-10(3)12(11(4)14)13(15)16-6-2/h5-9H2,1-4H3/b12-10+. The van der Waals surface area contributed by atoms with Gasteiger partial charge in [0, 0.05) is 0 Å². The van der Waals surface area contributed by atoms with E-state index in [0.717, 1.165) is 31.3 Å². The van der Waals surface area contributed by atoms with Gasteiger partial charge in [-0.15, -0.1) is 0 Å². The zero-order chi connectivity index (χ0) is 12.6. The lowest BCUT2D eigenvalue weighted by Crippen LogP contribution is -2.15. The predicted molar refractivity (Wildman–Crippen MR) is 64.2 cm³/mol. The molecule has 0 aromatic rings. The van der Waals surface area contributed by atoms with Gasteiger partial charge in [0.1, 0.15) is 5.57 Å². The lowest BCUT2D eigenvalue weighted by atomic mass is 10.0. The molecule has 0 aliphatic carbocycles. The van der Waals surface area contributed by atoms with Crippen molar-refractivity contribution >= 4 is 11.8 Å². The second-order valence-corrected chi connectivity index (χ2v) is 3.89. The molecule has 0 aromatic carbocycles. The number of Topliss-reactive ketones (excluding diaryl/α,β-unsaturated/α-hetero) is 1. The Morgan fingerprint density at radius 1 is 1.06 bits per heavy atom. The Morgan fingerprint density at radius 3 is 2.12 bits per heavy atom. The molecule has 0 aliphatic heterocycles. The van der Waals surface area contributed by atoms with Gasteiger partial charge in [0.2, 0.25) is 0 Å². The maximum atomic E-state index is 11.6. The molecule has 3 heteroatoms. The Morgan fingerprint density at radius 2 is 1.69 bits per heavy atom. The van der Waals surface area contributed by atoms with Gasteiger partial charge < -0.3 is 4.74 Å². The first-order chi connectivity index (χ1) is 7.54. The van der Waals surface area contributed by atoms with Crippen LogP contribution in [-0.2, 0) is 14.3 Å². The fourth-order valence-corrected chi connectivity index (χ4v) is 1.59. The molecule has 0 N–H and O–H groups in total. The molecule has 0 saturated carbocycles. The van der Waals surface area contributed by atoms with Crippen molar-refractivity contribution in [2.24, 2.45) is 0 Å². The monoisotopic (exact) mass is 226 g/mol. The highest BCUT2D eigenvalue weighted by Gasteiger charge is 2.18. The summed E-state index contributed by atoms with van der Waals surface area (Å²) < 4.78 is 4.88. The smallest absolute Gasteiger partial charge is 0.341 e. The maximum Gasteiger partial charge on any atom is 0.341 e. The Bertz CT molecular complexity index is 277. The van der Waals surface area contributed by atoms with Crippen LogP contribution in [-0.4, -0.2) is 18.4 Å². The average molecular weight is 226 g/mol. The first kappa shape index (κ1) is 14.9. The second-order valence-electron chi connectivity index (χ2n) is 3.89. The van der Waals surface area contributed by atoms with E-state index in [-0.39, 0.29) is 11.4 Å². The zero-order valence-electron chi connectivity index (χ0n) is 10.8. The van der Waals surface area contributed by atoms with Crippen molar-refractivity contribution in [3.05, 3.63) is 11.1 Å². The van der Waals surface area contributed by atoms with E-state index < -0.39 is 5.97 Å². The van der Waals surface area contributed by atoms with Crippen LogP contribution >= 0.6 is 0 Å². The molecule has 0 heterocycles. The summed E-state index contributed by atoms with van der Waals surface area (Å²) >= 11 is 0. The largest absolute Gasteiger partial charge is 0.462 e. The number of ether oxygens (including phenoxy) is 1. The predicted octanol–water partition coefficient (Wildman–Crippen LogP) is 3.04. The molecule has 0 bridgehead atoms. The van der Waals surface area contributed by atoms with Crippen molar-refractivity contribution in [1.29, 1.82) is 0 Å². The minimum atomic E-state index is -0.482. The van der Waals surface area contributed by atoms with Gasteiger partial charge in [-0.3, -0.25) is 4.79 Å². The highest BCUT2D eigenvalue weighted by atomic mass is 16.5. The summed E-state index contributed by atoms with van der Waals surface area (Å²) in [5.74, 6) is -0.684. The van der Waals surface area contributed by atoms with Crippen molar-refractivity contribution in [3.8, 4) is 0 Å². The molecule has 0 aliphatic rings. The van der Waals surface area contributed by atoms with E-state index in [4.69, 9.17) is 4.74 Å². The third-order valence-electron chi connectivity index (χ3n) is 2.41. The van der Waals surface area contributed by atoms with Crippen molar-refractivity contribution < 1.29 is 14.3 Å². The van der Waals surface area contributed by atoms with E-state index in [1.54, 1.807) is 6.92 Å². The van der Waals surface area contributed by atoms with Crippen LogP contribution in [0.2, 0.25) is 0 Å². The van der Waals surface area contributed by atoms with Gasteiger partial charge >= 0.3 is 5.97 Å². The Balaban J connectivity index is 4.65. The molecule has 0 saturated heterocycles. The number of carbonyl (C=O) groups is 2. The SMILES string of the molecule is CCCCC/C(C)=C(\C(C)=O)C(=O)OCC. The van der Waals surface area contributed by atoms with Crippen LogP contribution in [0.4, 0.5) is 0 Å². The molecule has 0 aromatic heterocycles. The van der Waals surface area contributed by atoms with Crippen molar-refractivity contribution in [1.82, 2.24) is 0 Å². The molecule has 0 amide bonds. The lowest BCUT2D eigenvalue weighted by Gasteiger charge is -2.08. The van der Waals surface area contributed by atoms with Gasteiger partial charge in [-0.05, 0) is 33.6 Å². The van der Waals surface area contributed by atoms with Crippen molar-refractivity contribution in [2.45, 2.75) is 53.4 Å². The minimum absolute atomic E-state index is 0.201. The summed E-state index contributed by atoms with van der Waals surface area (Å²) in [5.41, 5.74) is 1.08. The summed E-state index contributed by atoms with van der Waals surface area (Å²) in [4.78, 5) is 22.9. The number of esters is 1. The van der Waals surface area contributed by atoms with Crippen LogP contribution in [0.25, 0.3) is 0 Å². The van der Waals surface area contributed by atoms with Crippen LogP contribution in [0, 0.1) is 0 Å².